The van der Waals surface area contributed by atoms with Crippen LogP contribution in [-0.4, -0.2) is 66.3 Å². The number of amides is 2. The Morgan fingerprint density at radius 1 is 1.53 bits per heavy atom. The van der Waals surface area contributed by atoms with Gasteiger partial charge in [0.1, 0.15) is 6.04 Å². The second-order valence-electron chi connectivity index (χ2n) is 4.09. The summed E-state index contributed by atoms with van der Waals surface area (Å²) >= 11 is 0. The number of hydrogen-bond donors (Lipinski definition) is 1. The van der Waals surface area contributed by atoms with E-state index in [4.69, 9.17) is 9.84 Å². The van der Waals surface area contributed by atoms with E-state index in [1.54, 1.807) is 7.05 Å². The van der Waals surface area contributed by atoms with Gasteiger partial charge in [-0.15, -0.1) is 0 Å². The summed E-state index contributed by atoms with van der Waals surface area (Å²) in [6.07, 6.45) is 1.29. The largest absolute Gasteiger partial charge is 0.480 e. The smallest absolute Gasteiger partial charge is 0.326 e. The van der Waals surface area contributed by atoms with Gasteiger partial charge in [-0.2, -0.15) is 0 Å². The summed E-state index contributed by atoms with van der Waals surface area (Å²) in [6.45, 7) is 3.99. The van der Waals surface area contributed by atoms with E-state index in [1.807, 2.05) is 6.92 Å². The molecule has 0 aromatic carbocycles. The number of nitrogens with zero attached hydrogens (tertiary/aromatic N) is 2. The van der Waals surface area contributed by atoms with Crippen LogP contribution in [0.25, 0.3) is 0 Å². The van der Waals surface area contributed by atoms with Crippen LogP contribution < -0.4 is 0 Å². The van der Waals surface area contributed by atoms with E-state index in [2.05, 4.69) is 0 Å². The Kier molecular flexibility index (Phi) is 5.21. The molecule has 0 saturated carbocycles. The number of rotatable bonds is 5. The molecular weight excluding hydrogens is 224 g/mol. The fourth-order valence-corrected chi connectivity index (χ4v) is 1.91. The summed E-state index contributed by atoms with van der Waals surface area (Å²) in [6, 6.07) is -0.897. The fourth-order valence-electron chi connectivity index (χ4n) is 1.91. The van der Waals surface area contributed by atoms with Crippen LogP contribution in [0.2, 0.25) is 0 Å². The van der Waals surface area contributed by atoms with Crippen molar-refractivity contribution in [2.45, 2.75) is 25.8 Å². The zero-order valence-corrected chi connectivity index (χ0v) is 10.4. The summed E-state index contributed by atoms with van der Waals surface area (Å²) in [5.41, 5.74) is 0. The number of carboxylic acids is 1. The first-order chi connectivity index (χ1) is 8.07. The third-order valence-electron chi connectivity index (χ3n) is 2.89. The molecule has 0 aromatic rings. The number of likely N-dealkylation sites (tertiary alicyclic amines) is 1. The van der Waals surface area contributed by atoms with Crippen molar-refractivity contribution in [3.05, 3.63) is 0 Å². The highest BCUT2D eigenvalue weighted by molar-refractivity contribution is 5.83. The number of urea groups is 1. The third kappa shape index (κ3) is 3.59. The van der Waals surface area contributed by atoms with Crippen molar-refractivity contribution in [3.8, 4) is 0 Å². The SMILES string of the molecule is CCOCCN(C)C(=O)N1CCC[C@@H]1C(=O)O. The average molecular weight is 244 g/mol. The normalized spacial score (nSPS) is 19.4. The Morgan fingerprint density at radius 2 is 2.24 bits per heavy atom. The van der Waals surface area contributed by atoms with Crippen LogP contribution in [-0.2, 0) is 9.53 Å². The molecule has 0 aromatic heterocycles. The van der Waals surface area contributed by atoms with Gasteiger partial charge in [-0.1, -0.05) is 0 Å². The van der Waals surface area contributed by atoms with E-state index in [9.17, 15) is 9.59 Å². The molecule has 1 N–H and O–H groups in total. The van der Waals surface area contributed by atoms with Gasteiger partial charge >= 0.3 is 12.0 Å². The lowest BCUT2D eigenvalue weighted by Crippen LogP contribution is -2.47. The van der Waals surface area contributed by atoms with Gasteiger partial charge in [0.2, 0.25) is 0 Å². The lowest BCUT2D eigenvalue weighted by atomic mass is 10.2. The highest BCUT2D eigenvalue weighted by Crippen LogP contribution is 2.18. The molecule has 0 spiro atoms. The van der Waals surface area contributed by atoms with E-state index < -0.39 is 12.0 Å². The lowest BCUT2D eigenvalue weighted by Gasteiger charge is -2.27. The van der Waals surface area contributed by atoms with Gasteiger partial charge in [-0.3, -0.25) is 0 Å². The molecule has 1 fully saturated rings. The van der Waals surface area contributed by atoms with Gasteiger partial charge < -0.3 is 19.6 Å². The Labute approximate surface area is 101 Å². The number of likely N-dealkylation sites (N-methyl/N-ethyl adjacent to an activating group) is 1. The van der Waals surface area contributed by atoms with Crippen LogP contribution in [0.3, 0.4) is 0 Å². The number of carbonyl (C=O) groups excluding carboxylic acids is 1. The van der Waals surface area contributed by atoms with Crippen molar-refractivity contribution < 1.29 is 19.4 Å². The minimum Gasteiger partial charge on any atom is -0.480 e. The van der Waals surface area contributed by atoms with Crippen LogP contribution in [0.4, 0.5) is 4.79 Å². The Bertz CT molecular complexity index is 283. The molecule has 6 nitrogen and oxygen atoms in total. The Morgan fingerprint density at radius 3 is 2.82 bits per heavy atom. The number of hydrogen-bond acceptors (Lipinski definition) is 3. The maximum Gasteiger partial charge on any atom is 0.326 e. The number of carboxylic acid groups (broad SMARTS) is 1. The maximum atomic E-state index is 12.0. The van der Waals surface area contributed by atoms with Gasteiger partial charge in [0.05, 0.1) is 6.61 Å². The zero-order valence-electron chi connectivity index (χ0n) is 10.4. The van der Waals surface area contributed by atoms with E-state index in [-0.39, 0.29) is 6.03 Å². The highest BCUT2D eigenvalue weighted by Gasteiger charge is 2.35. The molecule has 0 bridgehead atoms. The maximum absolute atomic E-state index is 12.0. The standard InChI is InChI=1S/C11H20N2O4/c1-3-17-8-7-12(2)11(16)13-6-4-5-9(13)10(14)15/h9H,3-8H2,1-2H3,(H,14,15)/t9-/m1/s1. The van der Waals surface area contributed by atoms with Crippen LogP contribution >= 0.6 is 0 Å². The Balaban J connectivity index is 2.47. The topological polar surface area (TPSA) is 70.1 Å². The lowest BCUT2D eigenvalue weighted by molar-refractivity contribution is -0.141. The molecule has 1 heterocycles. The van der Waals surface area contributed by atoms with Gasteiger partial charge in [-0.05, 0) is 19.8 Å². The summed E-state index contributed by atoms with van der Waals surface area (Å²) < 4.78 is 5.16. The molecular formula is C11H20N2O4. The first-order valence-corrected chi connectivity index (χ1v) is 5.90. The minimum absolute atomic E-state index is 0.227. The molecule has 1 atom stereocenters. The molecule has 17 heavy (non-hydrogen) atoms. The summed E-state index contributed by atoms with van der Waals surface area (Å²) in [5, 5.41) is 8.99. The molecule has 6 heteroatoms. The van der Waals surface area contributed by atoms with Crippen LogP contribution in [0.1, 0.15) is 19.8 Å². The second kappa shape index (κ2) is 6.44. The van der Waals surface area contributed by atoms with Crippen LogP contribution in [0.5, 0.6) is 0 Å². The number of aliphatic carboxylic acids is 1. The van der Waals surface area contributed by atoms with Crippen molar-refractivity contribution in [2.75, 3.05) is 33.4 Å². The minimum atomic E-state index is -0.922. The van der Waals surface area contributed by atoms with Crippen molar-refractivity contribution in [1.29, 1.82) is 0 Å². The average Bonchev–Trinajstić information content (AvgIpc) is 2.77. The molecule has 2 amide bonds. The van der Waals surface area contributed by atoms with E-state index in [1.165, 1.54) is 9.80 Å². The van der Waals surface area contributed by atoms with Crippen molar-refractivity contribution in [1.82, 2.24) is 9.80 Å². The molecule has 1 aliphatic rings. The van der Waals surface area contributed by atoms with Gasteiger partial charge in [0.25, 0.3) is 0 Å². The first-order valence-electron chi connectivity index (χ1n) is 5.90. The third-order valence-corrected chi connectivity index (χ3v) is 2.89. The van der Waals surface area contributed by atoms with Gasteiger partial charge in [0, 0.05) is 26.7 Å². The van der Waals surface area contributed by atoms with Crippen molar-refractivity contribution in [2.24, 2.45) is 0 Å². The second-order valence-corrected chi connectivity index (χ2v) is 4.09. The summed E-state index contributed by atoms with van der Waals surface area (Å²) in [5.74, 6) is -0.922. The summed E-state index contributed by atoms with van der Waals surface area (Å²) in [4.78, 5) is 25.9. The molecule has 0 radical (unpaired) electrons. The first kappa shape index (κ1) is 13.8. The van der Waals surface area contributed by atoms with Crippen molar-refractivity contribution >= 4 is 12.0 Å². The van der Waals surface area contributed by atoms with Crippen LogP contribution in [0, 0.1) is 0 Å². The monoisotopic (exact) mass is 244 g/mol. The fraction of sp³-hybridized carbons (Fsp3) is 0.818. The predicted octanol–water partition coefficient (Wildman–Crippen LogP) is 0.624. The quantitative estimate of drug-likeness (QED) is 0.720. The van der Waals surface area contributed by atoms with Crippen molar-refractivity contribution in [3.63, 3.8) is 0 Å². The molecule has 1 aliphatic heterocycles. The molecule has 1 saturated heterocycles. The van der Waals surface area contributed by atoms with E-state index in [0.29, 0.717) is 32.7 Å². The van der Waals surface area contributed by atoms with Crippen LogP contribution in [0.15, 0.2) is 0 Å². The molecule has 0 unspecified atom stereocenters. The zero-order chi connectivity index (χ0) is 12.8. The molecule has 98 valence electrons. The molecule has 0 aliphatic carbocycles. The van der Waals surface area contributed by atoms with Gasteiger partial charge in [0.15, 0.2) is 0 Å². The van der Waals surface area contributed by atoms with E-state index >= 15 is 0 Å². The number of ether oxygens (including phenoxy) is 1. The predicted molar refractivity (Wildman–Crippen MR) is 61.9 cm³/mol. The number of carbonyl (C=O) groups is 2. The molecule has 1 rings (SSSR count). The van der Waals surface area contributed by atoms with Gasteiger partial charge in [-0.25, -0.2) is 9.59 Å². The summed E-state index contributed by atoms with van der Waals surface area (Å²) in [7, 11) is 1.67. The Hall–Kier alpha value is -1.30. The van der Waals surface area contributed by atoms with E-state index in [0.717, 1.165) is 6.42 Å². The highest BCUT2D eigenvalue weighted by atomic mass is 16.5.